The third-order valence-corrected chi connectivity index (χ3v) is 7.97. The van der Waals surface area contributed by atoms with Gasteiger partial charge < -0.3 is 28.6 Å². The molecule has 1 aromatic rings. The van der Waals surface area contributed by atoms with E-state index in [1.54, 1.807) is 46.8 Å². The predicted octanol–water partition coefficient (Wildman–Crippen LogP) is 3.69. The Labute approximate surface area is 230 Å². The Kier molecular flexibility index (Phi) is 8.47. The first-order valence-corrected chi connectivity index (χ1v) is 13.8. The molecule has 10 nitrogen and oxygen atoms in total. The summed E-state index contributed by atoms with van der Waals surface area (Å²) in [4.78, 5) is 43.8. The highest BCUT2D eigenvalue weighted by atomic mass is 16.7. The largest absolute Gasteiger partial charge is 0.497 e. The van der Waals surface area contributed by atoms with Gasteiger partial charge in [-0.3, -0.25) is 9.69 Å². The smallest absolute Gasteiger partial charge is 0.410 e. The van der Waals surface area contributed by atoms with Gasteiger partial charge in [-0.2, -0.15) is 0 Å². The molecular weight excluding hydrogens is 504 g/mol. The van der Waals surface area contributed by atoms with E-state index in [4.69, 9.17) is 23.7 Å². The molecule has 2 atom stereocenters. The van der Waals surface area contributed by atoms with Gasteiger partial charge in [-0.15, -0.1) is 0 Å². The highest BCUT2D eigenvalue weighted by Gasteiger charge is 2.60. The maximum absolute atomic E-state index is 14.2. The molecule has 2 amide bonds. The summed E-state index contributed by atoms with van der Waals surface area (Å²) in [5.41, 5.74) is -0.501. The molecule has 0 bridgehead atoms. The quantitative estimate of drug-likeness (QED) is 0.477. The van der Waals surface area contributed by atoms with Crippen LogP contribution in [0.15, 0.2) is 24.3 Å². The number of likely N-dealkylation sites (N-methyl/N-ethyl adjacent to an activating group) is 1. The zero-order valence-electron chi connectivity index (χ0n) is 24.0. The topological polar surface area (TPSA) is 104 Å². The van der Waals surface area contributed by atoms with E-state index in [0.29, 0.717) is 51.1 Å². The number of amides is 2. The lowest BCUT2D eigenvalue weighted by Gasteiger charge is -2.48. The van der Waals surface area contributed by atoms with Crippen LogP contribution >= 0.6 is 0 Å². The Hall–Kier alpha value is -2.85. The SMILES string of the molecule is CCOC(=O)[C@@H](Cc1ccc(OC)cc1)N1C(=O)[C@@H](N(C)C(=O)OC(C)(C)C)CC12CCC1(CC2)OCCO1. The number of benzene rings is 1. The minimum absolute atomic E-state index is 0.193. The van der Waals surface area contributed by atoms with Gasteiger partial charge in [0.05, 0.1) is 26.9 Å². The molecule has 0 unspecified atom stereocenters. The number of hydrogen-bond acceptors (Lipinski definition) is 8. The molecule has 3 fully saturated rings. The van der Waals surface area contributed by atoms with Crippen LogP contribution in [-0.2, 0) is 35.0 Å². The second kappa shape index (κ2) is 11.3. The van der Waals surface area contributed by atoms with E-state index >= 15 is 0 Å². The normalized spacial score (nSPS) is 22.7. The molecule has 216 valence electrons. The van der Waals surface area contributed by atoms with Crippen LogP contribution in [0.4, 0.5) is 4.79 Å². The highest BCUT2D eigenvalue weighted by Crippen LogP contribution is 2.50. The number of carbonyl (C=O) groups excluding carboxylic acids is 3. The van der Waals surface area contributed by atoms with Gasteiger partial charge in [-0.1, -0.05) is 12.1 Å². The van der Waals surface area contributed by atoms with Crippen molar-refractivity contribution in [2.45, 2.75) is 95.2 Å². The van der Waals surface area contributed by atoms with E-state index in [1.165, 1.54) is 4.90 Å². The zero-order chi connectivity index (χ0) is 28.4. The summed E-state index contributed by atoms with van der Waals surface area (Å²) >= 11 is 0. The van der Waals surface area contributed by atoms with Gasteiger partial charge in [0.15, 0.2) is 5.79 Å². The van der Waals surface area contributed by atoms with Gasteiger partial charge in [0, 0.05) is 38.3 Å². The second-order valence-corrected chi connectivity index (χ2v) is 11.7. The van der Waals surface area contributed by atoms with E-state index in [9.17, 15) is 14.4 Å². The first-order valence-electron chi connectivity index (χ1n) is 13.8. The van der Waals surface area contributed by atoms with Crippen molar-refractivity contribution in [3.05, 3.63) is 29.8 Å². The Bertz CT molecular complexity index is 1030. The Balaban J connectivity index is 1.69. The fourth-order valence-corrected chi connectivity index (χ4v) is 6.02. The molecule has 3 aliphatic rings. The van der Waals surface area contributed by atoms with Crippen molar-refractivity contribution in [1.29, 1.82) is 0 Å². The molecule has 4 rings (SSSR count). The van der Waals surface area contributed by atoms with Crippen molar-refractivity contribution in [2.24, 2.45) is 0 Å². The van der Waals surface area contributed by atoms with Crippen molar-refractivity contribution in [3.8, 4) is 5.75 Å². The van der Waals surface area contributed by atoms with Crippen LogP contribution in [-0.4, -0.2) is 90.8 Å². The van der Waals surface area contributed by atoms with Crippen molar-refractivity contribution >= 4 is 18.0 Å². The van der Waals surface area contributed by atoms with Gasteiger partial charge in [0.2, 0.25) is 5.91 Å². The Morgan fingerprint density at radius 1 is 1.10 bits per heavy atom. The van der Waals surface area contributed by atoms with E-state index in [2.05, 4.69) is 0 Å². The van der Waals surface area contributed by atoms with Gasteiger partial charge in [0.25, 0.3) is 0 Å². The Morgan fingerprint density at radius 2 is 1.72 bits per heavy atom. The fourth-order valence-electron chi connectivity index (χ4n) is 6.02. The molecule has 2 spiro atoms. The molecule has 0 radical (unpaired) electrons. The molecule has 1 aromatic carbocycles. The van der Waals surface area contributed by atoms with Crippen LogP contribution in [0.25, 0.3) is 0 Å². The summed E-state index contributed by atoms with van der Waals surface area (Å²) in [6.07, 6.45) is 2.44. The fraction of sp³-hybridized carbons (Fsp3) is 0.690. The summed E-state index contributed by atoms with van der Waals surface area (Å²) in [6.45, 7) is 8.40. The van der Waals surface area contributed by atoms with Crippen LogP contribution in [0.5, 0.6) is 5.75 Å². The van der Waals surface area contributed by atoms with Crippen molar-refractivity contribution in [3.63, 3.8) is 0 Å². The summed E-state index contributed by atoms with van der Waals surface area (Å²) in [6, 6.07) is 5.81. The summed E-state index contributed by atoms with van der Waals surface area (Å²) in [5, 5.41) is 0. The second-order valence-electron chi connectivity index (χ2n) is 11.7. The van der Waals surface area contributed by atoms with Gasteiger partial charge in [0.1, 0.15) is 23.4 Å². The highest BCUT2D eigenvalue weighted by molar-refractivity contribution is 5.92. The number of rotatable bonds is 7. The average Bonchev–Trinajstić information content (AvgIpc) is 3.46. The van der Waals surface area contributed by atoms with E-state index in [0.717, 1.165) is 5.56 Å². The molecule has 10 heteroatoms. The maximum Gasteiger partial charge on any atom is 0.410 e. The molecule has 0 aromatic heterocycles. The van der Waals surface area contributed by atoms with E-state index < -0.39 is 41.1 Å². The number of carbonyl (C=O) groups is 3. The standard InChI is InChI=1S/C29H42N2O8/c1-7-36-25(33)22(18-20-8-10-21(35-6)11-9-20)31-24(32)23(30(5)26(34)39-27(2,3)4)19-28(31)12-14-29(15-13-28)37-16-17-38-29/h8-11,22-23H,7,12-19H2,1-6H3/t22-,23+/m1/s1. The number of methoxy groups -OCH3 is 1. The van der Waals surface area contributed by atoms with Crippen molar-refractivity contribution in [1.82, 2.24) is 9.80 Å². The molecule has 2 heterocycles. The van der Waals surface area contributed by atoms with Crippen molar-refractivity contribution in [2.75, 3.05) is 34.0 Å². The Morgan fingerprint density at radius 3 is 2.26 bits per heavy atom. The van der Waals surface area contributed by atoms with Gasteiger partial charge >= 0.3 is 12.1 Å². The minimum Gasteiger partial charge on any atom is -0.497 e. The molecule has 0 N–H and O–H groups in total. The molecular formula is C29H42N2O8. The van der Waals surface area contributed by atoms with E-state index in [-0.39, 0.29) is 18.9 Å². The average molecular weight is 547 g/mol. The number of esters is 1. The van der Waals surface area contributed by atoms with Crippen LogP contribution in [0.3, 0.4) is 0 Å². The van der Waals surface area contributed by atoms with Crippen LogP contribution in [0.2, 0.25) is 0 Å². The monoisotopic (exact) mass is 546 g/mol. The van der Waals surface area contributed by atoms with Gasteiger partial charge in [-0.25, -0.2) is 9.59 Å². The van der Waals surface area contributed by atoms with Gasteiger partial charge in [-0.05, 0) is 58.2 Å². The number of hydrogen-bond donors (Lipinski definition) is 0. The van der Waals surface area contributed by atoms with Crippen LogP contribution in [0, 0.1) is 0 Å². The third-order valence-electron chi connectivity index (χ3n) is 7.97. The first kappa shape index (κ1) is 29.1. The predicted molar refractivity (Wildman–Crippen MR) is 142 cm³/mol. The lowest BCUT2D eigenvalue weighted by Crippen LogP contribution is -2.58. The molecule has 1 aliphatic carbocycles. The lowest BCUT2D eigenvalue weighted by atomic mass is 9.75. The zero-order valence-corrected chi connectivity index (χ0v) is 24.0. The first-order chi connectivity index (χ1) is 18.4. The third kappa shape index (κ3) is 6.17. The van der Waals surface area contributed by atoms with Crippen molar-refractivity contribution < 1.29 is 38.1 Å². The number of likely N-dealkylation sites (tertiary alicyclic amines) is 1. The maximum atomic E-state index is 14.2. The van der Waals surface area contributed by atoms with Crippen LogP contribution in [0.1, 0.15) is 65.4 Å². The molecule has 2 aliphatic heterocycles. The lowest BCUT2D eigenvalue weighted by molar-refractivity contribution is -0.196. The number of nitrogens with zero attached hydrogens (tertiary/aromatic N) is 2. The van der Waals surface area contributed by atoms with Crippen LogP contribution < -0.4 is 4.74 Å². The molecule has 2 saturated heterocycles. The number of ether oxygens (including phenoxy) is 5. The summed E-state index contributed by atoms with van der Waals surface area (Å²) in [5.74, 6) is -0.687. The van der Waals surface area contributed by atoms with E-state index in [1.807, 2.05) is 24.3 Å². The minimum atomic E-state index is -0.859. The molecule has 1 saturated carbocycles. The molecule has 39 heavy (non-hydrogen) atoms. The summed E-state index contributed by atoms with van der Waals surface area (Å²) < 4.78 is 28.3. The summed E-state index contributed by atoms with van der Waals surface area (Å²) in [7, 11) is 3.18.